The summed E-state index contributed by atoms with van der Waals surface area (Å²) in [7, 11) is 1.80. The number of fused-ring (bicyclic) bond motifs is 1. The highest BCUT2D eigenvalue weighted by Gasteiger charge is 2.29. The molecule has 0 radical (unpaired) electrons. The second kappa shape index (κ2) is 7.25. The quantitative estimate of drug-likeness (QED) is 0.872. The first-order valence-electron chi connectivity index (χ1n) is 8.13. The Balaban J connectivity index is 2.01. The third-order valence-corrected chi connectivity index (χ3v) is 4.37. The Morgan fingerprint density at radius 3 is 2.59 bits per heavy atom. The lowest BCUT2D eigenvalue weighted by Gasteiger charge is -2.38. The summed E-state index contributed by atoms with van der Waals surface area (Å²) < 4.78 is 0. The summed E-state index contributed by atoms with van der Waals surface area (Å²) in [4.78, 5) is 14.4. The van der Waals surface area contributed by atoms with Crippen LogP contribution in [0.3, 0.4) is 0 Å². The Kier molecular flexibility index (Phi) is 5.59. The van der Waals surface area contributed by atoms with Crippen LogP contribution >= 0.6 is 0 Å². The fourth-order valence-electron chi connectivity index (χ4n) is 2.91. The van der Waals surface area contributed by atoms with Crippen LogP contribution in [0.5, 0.6) is 0 Å². The van der Waals surface area contributed by atoms with Gasteiger partial charge < -0.3 is 10.6 Å². The average Bonchev–Trinajstić information content (AvgIpc) is 2.46. The van der Waals surface area contributed by atoms with Crippen molar-refractivity contribution < 1.29 is 4.79 Å². The molecule has 1 aromatic carbocycles. The first-order chi connectivity index (χ1) is 10.4. The third kappa shape index (κ3) is 4.55. The molecule has 2 rings (SSSR count). The van der Waals surface area contributed by atoms with Crippen molar-refractivity contribution in [3.63, 3.8) is 0 Å². The SMILES string of the molecule is CNCC(=O)N[C@@H](CN1CCc2ccccc2C1)C(C)(C)C. The summed E-state index contributed by atoms with van der Waals surface area (Å²) >= 11 is 0. The molecule has 0 saturated heterocycles. The zero-order valence-corrected chi connectivity index (χ0v) is 14.3. The number of benzene rings is 1. The predicted molar refractivity (Wildman–Crippen MR) is 90.7 cm³/mol. The standard InChI is InChI=1S/C18H29N3O/c1-18(2,3)16(20-17(22)11-19-4)13-21-10-9-14-7-5-6-8-15(14)12-21/h5-8,16,19H,9-13H2,1-4H3,(H,20,22)/t16-/m0/s1. The van der Waals surface area contributed by atoms with Crippen LogP contribution in [0.2, 0.25) is 0 Å². The minimum absolute atomic E-state index is 0.0420. The number of hydrogen-bond donors (Lipinski definition) is 2. The maximum Gasteiger partial charge on any atom is 0.234 e. The molecule has 1 amide bonds. The summed E-state index contributed by atoms with van der Waals surface area (Å²) in [6, 6.07) is 8.82. The number of likely N-dealkylation sites (N-methyl/N-ethyl adjacent to an activating group) is 1. The topological polar surface area (TPSA) is 44.4 Å². The van der Waals surface area contributed by atoms with Gasteiger partial charge in [-0.2, -0.15) is 0 Å². The van der Waals surface area contributed by atoms with Gasteiger partial charge in [0.1, 0.15) is 0 Å². The van der Waals surface area contributed by atoms with Gasteiger partial charge in [-0.15, -0.1) is 0 Å². The molecule has 1 aromatic rings. The molecule has 4 nitrogen and oxygen atoms in total. The van der Waals surface area contributed by atoms with Crippen molar-refractivity contribution in [3.05, 3.63) is 35.4 Å². The molecular formula is C18H29N3O. The van der Waals surface area contributed by atoms with E-state index in [1.807, 2.05) is 0 Å². The van der Waals surface area contributed by atoms with Crippen LogP contribution in [0.15, 0.2) is 24.3 Å². The van der Waals surface area contributed by atoms with E-state index in [9.17, 15) is 4.79 Å². The third-order valence-electron chi connectivity index (χ3n) is 4.37. The van der Waals surface area contributed by atoms with Gasteiger partial charge in [-0.3, -0.25) is 9.69 Å². The number of hydrogen-bond acceptors (Lipinski definition) is 3. The lowest BCUT2D eigenvalue weighted by molar-refractivity contribution is -0.121. The number of nitrogens with zero attached hydrogens (tertiary/aromatic N) is 1. The van der Waals surface area contributed by atoms with E-state index in [0.717, 1.165) is 26.1 Å². The van der Waals surface area contributed by atoms with Crippen LogP contribution in [0.25, 0.3) is 0 Å². The number of nitrogens with one attached hydrogen (secondary N) is 2. The van der Waals surface area contributed by atoms with E-state index in [2.05, 4.69) is 60.6 Å². The molecule has 0 fully saturated rings. The minimum Gasteiger partial charge on any atom is -0.350 e. The van der Waals surface area contributed by atoms with Gasteiger partial charge in [0, 0.05) is 25.7 Å². The molecule has 22 heavy (non-hydrogen) atoms. The highest BCUT2D eigenvalue weighted by molar-refractivity contribution is 5.78. The van der Waals surface area contributed by atoms with Gasteiger partial charge in [-0.25, -0.2) is 0 Å². The van der Waals surface area contributed by atoms with Crippen LogP contribution < -0.4 is 10.6 Å². The Labute approximate surface area is 134 Å². The summed E-state index contributed by atoms with van der Waals surface area (Å²) in [6.07, 6.45) is 1.09. The normalized spacial score (nSPS) is 16.9. The Bertz CT molecular complexity index is 507. The number of carbonyl (C=O) groups excluding carboxylic acids is 1. The summed E-state index contributed by atoms with van der Waals surface area (Å²) in [6.45, 7) is 9.87. The fourth-order valence-corrected chi connectivity index (χ4v) is 2.91. The van der Waals surface area contributed by atoms with Crippen molar-refractivity contribution in [2.24, 2.45) is 5.41 Å². The van der Waals surface area contributed by atoms with Crippen LogP contribution in [-0.4, -0.2) is 43.5 Å². The zero-order chi connectivity index (χ0) is 16.2. The highest BCUT2D eigenvalue weighted by atomic mass is 16.2. The van der Waals surface area contributed by atoms with Crippen LogP contribution in [0, 0.1) is 5.41 Å². The molecule has 0 spiro atoms. The molecule has 1 atom stereocenters. The van der Waals surface area contributed by atoms with E-state index >= 15 is 0 Å². The second-order valence-corrected chi connectivity index (χ2v) is 7.27. The second-order valence-electron chi connectivity index (χ2n) is 7.27. The largest absolute Gasteiger partial charge is 0.350 e. The van der Waals surface area contributed by atoms with Crippen molar-refractivity contribution in [3.8, 4) is 0 Å². The molecule has 1 aliphatic rings. The van der Waals surface area contributed by atoms with E-state index in [1.165, 1.54) is 11.1 Å². The van der Waals surface area contributed by atoms with Gasteiger partial charge in [0.05, 0.1) is 6.54 Å². The van der Waals surface area contributed by atoms with Gasteiger partial charge in [0.25, 0.3) is 0 Å². The molecular weight excluding hydrogens is 274 g/mol. The maximum atomic E-state index is 11.9. The van der Waals surface area contributed by atoms with E-state index in [1.54, 1.807) is 7.05 Å². The van der Waals surface area contributed by atoms with Crippen LogP contribution in [-0.2, 0) is 17.8 Å². The minimum atomic E-state index is 0.0420. The summed E-state index contributed by atoms with van der Waals surface area (Å²) in [5.41, 5.74) is 2.92. The van der Waals surface area contributed by atoms with E-state index in [0.29, 0.717) is 6.54 Å². The summed E-state index contributed by atoms with van der Waals surface area (Å²) in [5, 5.41) is 6.10. The van der Waals surface area contributed by atoms with Crippen LogP contribution in [0.4, 0.5) is 0 Å². The van der Waals surface area contributed by atoms with Gasteiger partial charge in [-0.1, -0.05) is 45.0 Å². The lowest BCUT2D eigenvalue weighted by atomic mass is 9.85. The number of rotatable bonds is 5. The molecule has 0 aliphatic carbocycles. The van der Waals surface area contributed by atoms with E-state index in [4.69, 9.17) is 0 Å². The van der Waals surface area contributed by atoms with Gasteiger partial charge >= 0.3 is 0 Å². The Hall–Kier alpha value is -1.39. The zero-order valence-electron chi connectivity index (χ0n) is 14.3. The van der Waals surface area contributed by atoms with Crippen molar-refractivity contribution in [1.29, 1.82) is 0 Å². The van der Waals surface area contributed by atoms with Crippen molar-refractivity contribution in [1.82, 2.24) is 15.5 Å². The molecule has 122 valence electrons. The fraction of sp³-hybridized carbons (Fsp3) is 0.611. The van der Waals surface area contributed by atoms with E-state index < -0.39 is 0 Å². The Morgan fingerprint density at radius 2 is 1.95 bits per heavy atom. The summed E-state index contributed by atoms with van der Waals surface area (Å²) in [5.74, 6) is 0.0693. The molecule has 4 heteroatoms. The molecule has 0 unspecified atom stereocenters. The van der Waals surface area contributed by atoms with Gasteiger partial charge in [0.15, 0.2) is 0 Å². The monoisotopic (exact) mass is 303 g/mol. The lowest BCUT2D eigenvalue weighted by Crippen LogP contribution is -2.52. The van der Waals surface area contributed by atoms with Crippen LogP contribution in [0.1, 0.15) is 31.9 Å². The molecule has 0 bridgehead atoms. The van der Waals surface area contributed by atoms with E-state index in [-0.39, 0.29) is 17.4 Å². The predicted octanol–water partition coefficient (Wildman–Crippen LogP) is 1.80. The van der Waals surface area contributed by atoms with Crippen molar-refractivity contribution in [2.45, 2.75) is 39.8 Å². The smallest absolute Gasteiger partial charge is 0.234 e. The van der Waals surface area contributed by atoms with Gasteiger partial charge in [0.2, 0.25) is 5.91 Å². The molecule has 1 heterocycles. The maximum absolute atomic E-state index is 11.9. The first kappa shape index (κ1) is 17.0. The molecule has 2 N–H and O–H groups in total. The highest BCUT2D eigenvalue weighted by Crippen LogP contribution is 2.23. The van der Waals surface area contributed by atoms with Gasteiger partial charge in [-0.05, 0) is 30.0 Å². The van der Waals surface area contributed by atoms with Crippen molar-refractivity contribution >= 4 is 5.91 Å². The van der Waals surface area contributed by atoms with Crippen molar-refractivity contribution in [2.75, 3.05) is 26.7 Å². The molecule has 0 saturated carbocycles. The Morgan fingerprint density at radius 1 is 1.27 bits per heavy atom. The number of amides is 1. The molecule has 0 aromatic heterocycles. The first-order valence-corrected chi connectivity index (χ1v) is 8.13. The average molecular weight is 303 g/mol. The number of carbonyl (C=O) groups is 1. The molecule has 1 aliphatic heterocycles.